The Morgan fingerprint density at radius 1 is 1.29 bits per heavy atom. The van der Waals surface area contributed by atoms with E-state index in [-0.39, 0.29) is 34.0 Å². The van der Waals surface area contributed by atoms with Crippen molar-refractivity contribution >= 4 is 29.1 Å². The van der Waals surface area contributed by atoms with Crippen LogP contribution in [0, 0.1) is 5.92 Å². The molecule has 156 valence electrons. The number of β-amino-alcohol motifs (C(OH)–C–C–N with tert-alkyl or cyclic N) is 1. The van der Waals surface area contributed by atoms with Crippen molar-refractivity contribution in [3.8, 4) is 11.5 Å². The van der Waals surface area contributed by atoms with Crippen LogP contribution in [0.2, 0.25) is 10.0 Å². The maximum absolute atomic E-state index is 12.8. The van der Waals surface area contributed by atoms with Gasteiger partial charge in [0.25, 0.3) is 5.91 Å². The number of piperidine rings is 1. The largest absolute Gasteiger partial charge is 0.489 e. The van der Waals surface area contributed by atoms with Crippen LogP contribution in [0.25, 0.3) is 0 Å². The number of nitrogens with zero attached hydrogens (tertiary/aromatic N) is 1. The zero-order valence-electron chi connectivity index (χ0n) is 15.6. The van der Waals surface area contributed by atoms with Crippen LogP contribution in [0.1, 0.15) is 29.6 Å². The summed E-state index contributed by atoms with van der Waals surface area (Å²) in [6, 6.07) is 1.49. The van der Waals surface area contributed by atoms with Gasteiger partial charge in [0, 0.05) is 38.6 Å². The number of hydrogen-bond donors (Lipinski definition) is 3. The number of carbonyl (C=O) groups excluding carboxylic acids is 1. The fraction of sp³-hybridized carbons (Fsp3) is 0.632. The SMILES string of the molecule is O=C(NC[C@@H]1CCN(CCCO)C[C@H]1O)c1cc(Cl)c(Cl)c2c1OCCCO2. The molecule has 1 saturated heterocycles. The number of aliphatic hydroxyl groups excluding tert-OH is 2. The lowest BCUT2D eigenvalue weighted by Gasteiger charge is -2.36. The van der Waals surface area contributed by atoms with Crippen LogP contribution >= 0.6 is 23.2 Å². The molecule has 3 rings (SSSR count). The Hall–Kier alpha value is -1.25. The number of aliphatic hydroxyl groups is 2. The highest BCUT2D eigenvalue weighted by atomic mass is 35.5. The summed E-state index contributed by atoms with van der Waals surface area (Å²) in [5.41, 5.74) is 0.279. The van der Waals surface area contributed by atoms with E-state index in [0.717, 1.165) is 19.5 Å². The van der Waals surface area contributed by atoms with Crippen LogP contribution in [-0.4, -0.2) is 73.1 Å². The maximum Gasteiger partial charge on any atom is 0.255 e. The minimum atomic E-state index is -0.529. The Bertz CT molecular complexity index is 703. The number of hydrogen-bond acceptors (Lipinski definition) is 6. The highest BCUT2D eigenvalue weighted by Crippen LogP contribution is 2.44. The van der Waals surface area contributed by atoms with Gasteiger partial charge in [-0.25, -0.2) is 0 Å². The molecular formula is C19H26Cl2N2O5. The van der Waals surface area contributed by atoms with Crippen LogP contribution in [0.3, 0.4) is 0 Å². The third kappa shape index (κ3) is 5.02. The fourth-order valence-corrected chi connectivity index (χ4v) is 3.92. The molecule has 2 aliphatic heterocycles. The smallest absolute Gasteiger partial charge is 0.255 e. The van der Waals surface area contributed by atoms with Crippen molar-refractivity contribution < 1.29 is 24.5 Å². The molecule has 0 spiro atoms. The molecule has 2 aliphatic rings. The Morgan fingerprint density at radius 2 is 2.04 bits per heavy atom. The van der Waals surface area contributed by atoms with Crippen LogP contribution in [0.15, 0.2) is 6.07 Å². The highest BCUT2D eigenvalue weighted by Gasteiger charge is 2.29. The predicted molar refractivity (Wildman–Crippen MR) is 107 cm³/mol. The number of likely N-dealkylation sites (tertiary alicyclic amines) is 1. The molecular weight excluding hydrogens is 407 g/mol. The summed E-state index contributed by atoms with van der Waals surface area (Å²) in [7, 11) is 0. The third-order valence-electron chi connectivity index (χ3n) is 5.12. The van der Waals surface area contributed by atoms with Gasteiger partial charge in [0.2, 0.25) is 0 Å². The zero-order valence-corrected chi connectivity index (χ0v) is 17.1. The van der Waals surface area contributed by atoms with Gasteiger partial charge in [0.05, 0.1) is 29.9 Å². The number of halogens is 2. The van der Waals surface area contributed by atoms with E-state index in [9.17, 15) is 9.90 Å². The number of amides is 1. The number of nitrogens with one attached hydrogen (secondary N) is 1. The molecule has 9 heteroatoms. The monoisotopic (exact) mass is 432 g/mol. The topological polar surface area (TPSA) is 91.3 Å². The lowest BCUT2D eigenvalue weighted by atomic mass is 9.93. The van der Waals surface area contributed by atoms with Crippen LogP contribution in [-0.2, 0) is 0 Å². The Labute approximate surface area is 174 Å². The first kappa shape index (κ1) is 21.5. The molecule has 1 aromatic carbocycles. The molecule has 1 amide bonds. The molecule has 1 aromatic rings. The van der Waals surface area contributed by atoms with E-state index in [4.69, 9.17) is 37.8 Å². The normalized spacial score (nSPS) is 22.6. The number of carbonyl (C=O) groups is 1. The molecule has 0 radical (unpaired) electrons. The molecule has 0 aliphatic carbocycles. The van der Waals surface area contributed by atoms with Crippen molar-refractivity contribution in [3.63, 3.8) is 0 Å². The van der Waals surface area contributed by atoms with Crippen LogP contribution in [0.4, 0.5) is 0 Å². The first-order chi connectivity index (χ1) is 13.5. The second-order valence-corrected chi connectivity index (χ2v) is 7.92. The highest BCUT2D eigenvalue weighted by molar-refractivity contribution is 6.43. The molecule has 3 N–H and O–H groups in total. The van der Waals surface area contributed by atoms with Crippen molar-refractivity contribution in [2.45, 2.75) is 25.4 Å². The van der Waals surface area contributed by atoms with E-state index < -0.39 is 6.10 Å². The molecule has 28 heavy (non-hydrogen) atoms. The van der Waals surface area contributed by atoms with Gasteiger partial charge in [0.15, 0.2) is 11.5 Å². The predicted octanol–water partition coefficient (Wildman–Crippen LogP) is 1.95. The van der Waals surface area contributed by atoms with Crippen LogP contribution < -0.4 is 14.8 Å². The summed E-state index contributed by atoms with van der Waals surface area (Å²) in [5.74, 6) is 0.237. The summed E-state index contributed by atoms with van der Waals surface area (Å²) in [5, 5.41) is 22.7. The molecule has 0 unspecified atom stereocenters. The van der Waals surface area contributed by atoms with Gasteiger partial charge < -0.3 is 29.9 Å². The number of fused-ring (bicyclic) bond motifs is 1. The minimum Gasteiger partial charge on any atom is -0.489 e. The zero-order chi connectivity index (χ0) is 20.1. The second-order valence-electron chi connectivity index (χ2n) is 7.13. The summed E-state index contributed by atoms with van der Waals surface area (Å²) in [6.07, 6.45) is 1.62. The van der Waals surface area contributed by atoms with E-state index in [0.29, 0.717) is 50.6 Å². The number of rotatable bonds is 6. The Kier molecular flexibility index (Phi) is 7.65. The molecule has 1 fully saturated rings. The average molecular weight is 433 g/mol. The molecule has 2 atom stereocenters. The van der Waals surface area contributed by atoms with Gasteiger partial charge in [-0.05, 0) is 25.5 Å². The average Bonchev–Trinajstić information content (AvgIpc) is 2.94. The molecule has 0 bridgehead atoms. The van der Waals surface area contributed by atoms with E-state index in [1.165, 1.54) is 6.07 Å². The van der Waals surface area contributed by atoms with Crippen molar-refractivity contribution in [1.29, 1.82) is 0 Å². The first-order valence-corrected chi connectivity index (χ1v) is 10.3. The molecule has 7 nitrogen and oxygen atoms in total. The van der Waals surface area contributed by atoms with E-state index in [1.54, 1.807) is 0 Å². The second kappa shape index (κ2) is 9.98. The quantitative estimate of drug-likeness (QED) is 0.636. The Morgan fingerprint density at radius 3 is 2.75 bits per heavy atom. The minimum absolute atomic E-state index is 0.0344. The Balaban J connectivity index is 1.63. The van der Waals surface area contributed by atoms with Crippen molar-refractivity contribution in [2.24, 2.45) is 5.92 Å². The first-order valence-electron chi connectivity index (χ1n) is 9.58. The maximum atomic E-state index is 12.8. The van der Waals surface area contributed by atoms with Gasteiger partial charge in [-0.2, -0.15) is 0 Å². The lowest BCUT2D eigenvalue weighted by molar-refractivity contribution is 0.0201. The van der Waals surface area contributed by atoms with E-state index in [1.807, 2.05) is 0 Å². The van der Waals surface area contributed by atoms with E-state index >= 15 is 0 Å². The van der Waals surface area contributed by atoms with Crippen LogP contribution in [0.5, 0.6) is 11.5 Å². The summed E-state index contributed by atoms with van der Waals surface area (Å²) >= 11 is 12.4. The van der Waals surface area contributed by atoms with E-state index in [2.05, 4.69) is 10.2 Å². The van der Waals surface area contributed by atoms with Gasteiger partial charge in [-0.1, -0.05) is 23.2 Å². The molecule has 0 saturated carbocycles. The summed E-state index contributed by atoms with van der Waals surface area (Å²) in [4.78, 5) is 14.9. The van der Waals surface area contributed by atoms with Gasteiger partial charge in [-0.3, -0.25) is 4.79 Å². The number of benzene rings is 1. The molecule has 0 aromatic heterocycles. The standard InChI is InChI=1S/C19H26Cl2N2O5/c20-14-9-13(17-18(16(14)21)28-8-2-7-27-17)19(26)22-10-12-3-5-23(4-1-6-24)11-15(12)25/h9,12,15,24-25H,1-8,10-11H2,(H,22,26)/t12-,15+/m0/s1. The van der Waals surface area contributed by atoms with Crippen molar-refractivity contribution in [3.05, 3.63) is 21.7 Å². The lowest BCUT2D eigenvalue weighted by Crippen LogP contribution is -2.47. The number of ether oxygens (including phenoxy) is 2. The van der Waals surface area contributed by atoms with Gasteiger partial charge >= 0.3 is 0 Å². The summed E-state index contributed by atoms with van der Waals surface area (Å²) < 4.78 is 11.3. The van der Waals surface area contributed by atoms with Gasteiger partial charge in [-0.15, -0.1) is 0 Å². The third-order valence-corrected chi connectivity index (χ3v) is 5.89. The fourth-order valence-electron chi connectivity index (χ4n) is 3.53. The van der Waals surface area contributed by atoms with Crippen molar-refractivity contribution in [1.82, 2.24) is 10.2 Å². The van der Waals surface area contributed by atoms with Gasteiger partial charge in [0.1, 0.15) is 5.02 Å². The molecule has 2 heterocycles. The van der Waals surface area contributed by atoms with Crippen molar-refractivity contribution in [2.75, 3.05) is 46.0 Å². The summed E-state index contributed by atoms with van der Waals surface area (Å²) in [6.45, 7) is 3.50.